The van der Waals surface area contributed by atoms with Crippen LogP contribution in [0.2, 0.25) is 0 Å². The van der Waals surface area contributed by atoms with Gasteiger partial charge >= 0.3 is 0 Å². The molecule has 0 fully saturated rings. The molecule has 90 valence electrons. The van der Waals surface area contributed by atoms with Gasteiger partial charge < -0.3 is 10.3 Å². The molecule has 2 rings (SSSR count). The molecule has 1 heterocycles. The van der Waals surface area contributed by atoms with Crippen LogP contribution < -0.4 is 5.73 Å². The van der Waals surface area contributed by atoms with E-state index in [0.717, 1.165) is 18.7 Å². The molecule has 0 unspecified atom stereocenters. The maximum atomic E-state index is 5.53. The number of imidazole rings is 1. The molecule has 1 aromatic heterocycles. The molecule has 3 heteroatoms. The molecule has 0 spiro atoms. The fourth-order valence-electron chi connectivity index (χ4n) is 1.88. The zero-order valence-corrected chi connectivity index (χ0v) is 10.5. The Morgan fingerprint density at radius 3 is 2.29 bits per heavy atom. The van der Waals surface area contributed by atoms with E-state index in [-0.39, 0.29) is 0 Å². The molecule has 3 nitrogen and oxygen atoms in total. The van der Waals surface area contributed by atoms with Crippen LogP contribution in [0.15, 0.2) is 30.6 Å². The lowest BCUT2D eigenvalue weighted by Gasteiger charge is -2.06. The molecule has 0 radical (unpaired) electrons. The van der Waals surface area contributed by atoms with E-state index >= 15 is 0 Å². The van der Waals surface area contributed by atoms with E-state index in [2.05, 4.69) is 40.7 Å². The Morgan fingerprint density at radius 2 is 1.76 bits per heavy atom. The van der Waals surface area contributed by atoms with Gasteiger partial charge in [-0.15, -0.1) is 0 Å². The molecule has 0 bridgehead atoms. The smallest absolute Gasteiger partial charge is 0.0954 e. The zero-order valence-electron chi connectivity index (χ0n) is 10.5. The quantitative estimate of drug-likeness (QED) is 0.872. The van der Waals surface area contributed by atoms with Gasteiger partial charge in [0, 0.05) is 12.2 Å². The van der Waals surface area contributed by atoms with Gasteiger partial charge in [-0.1, -0.05) is 24.3 Å². The second-order valence-corrected chi connectivity index (χ2v) is 4.40. The summed E-state index contributed by atoms with van der Waals surface area (Å²) in [4.78, 5) is 4.31. The minimum Gasteiger partial charge on any atom is -0.330 e. The van der Waals surface area contributed by atoms with Crippen molar-refractivity contribution < 1.29 is 0 Å². The number of benzene rings is 1. The highest BCUT2D eigenvalue weighted by molar-refractivity contribution is 5.24. The van der Waals surface area contributed by atoms with E-state index < -0.39 is 0 Å². The van der Waals surface area contributed by atoms with Gasteiger partial charge in [-0.3, -0.25) is 0 Å². The van der Waals surface area contributed by atoms with Crippen molar-refractivity contribution in [2.24, 2.45) is 5.73 Å². The third-order valence-corrected chi connectivity index (χ3v) is 3.15. The highest BCUT2D eigenvalue weighted by Crippen LogP contribution is 2.10. The number of hydrogen-bond acceptors (Lipinski definition) is 2. The van der Waals surface area contributed by atoms with Crippen molar-refractivity contribution in [3.05, 3.63) is 53.1 Å². The summed E-state index contributed by atoms with van der Waals surface area (Å²) in [6.07, 6.45) is 2.85. The number of aromatic nitrogens is 2. The topological polar surface area (TPSA) is 43.8 Å². The van der Waals surface area contributed by atoms with Crippen molar-refractivity contribution in [1.29, 1.82) is 0 Å². The van der Waals surface area contributed by atoms with Gasteiger partial charge in [0.05, 0.1) is 12.0 Å². The van der Waals surface area contributed by atoms with Crippen molar-refractivity contribution in [2.45, 2.75) is 26.8 Å². The lowest BCUT2D eigenvalue weighted by atomic mass is 10.1. The summed E-state index contributed by atoms with van der Waals surface area (Å²) in [5.41, 5.74) is 10.5. The molecule has 0 aliphatic rings. The van der Waals surface area contributed by atoms with E-state index in [4.69, 9.17) is 5.73 Å². The summed E-state index contributed by atoms with van der Waals surface area (Å²) >= 11 is 0. The molecule has 2 aromatic rings. The summed E-state index contributed by atoms with van der Waals surface area (Å²) in [6.45, 7) is 5.73. The standard InChI is InChI=1S/C14H19N3/c1-11-12(2)17(10-16-11)9-14-5-3-13(4-6-14)7-8-15/h3-6,10H,7-9,15H2,1-2H3. The van der Waals surface area contributed by atoms with E-state index in [0.29, 0.717) is 6.54 Å². The summed E-state index contributed by atoms with van der Waals surface area (Å²) in [5, 5.41) is 0. The molecular weight excluding hydrogens is 210 g/mol. The van der Waals surface area contributed by atoms with Crippen LogP contribution in [-0.2, 0) is 13.0 Å². The highest BCUT2D eigenvalue weighted by Gasteiger charge is 2.02. The molecule has 0 saturated carbocycles. The Morgan fingerprint density at radius 1 is 1.12 bits per heavy atom. The highest BCUT2D eigenvalue weighted by atomic mass is 15.0. The van der Waals surface area contributed by atoms with E-state index in [1.807, 2.05) is 13.3 Å². The lowest BCUT2D eigenvalue weighted by molar-refractivity contribution is 0.768. The fourth-order valence-corrected chi connectivity index (χ4v) is 1.88. The number of aryl methyl sites for hydroxylation is 1. The van der Waals surface area contributed by atoms with Crippen molar-refractivity contribution in [3.8, 4) is 0 Å². The maximum absolute atomic E-state index is 5.53. The van der Waals surface area contributed by atoms with E-state index in [9.17, 15) is 0 Å². The Bertz CT molecular complexity index is 483. The maximum Gasteiger partial charge on any atom is 0.0954 e. The van der Waals surface area contributed by atoms with Crippen LogP contribution >= 0.6 is 0 Å². The minimum absolute atomic E-state index is 0.708. The van der Waals surface area contributed by atoms with Crippen molar-refractivity contribution in [3.63, 3.8) is 0 Å². The Balaban J connectivity index is 2.11. The van der Waals surface area contributed by atoms with E-state index in [1.165, 1.54) is 16.8 Å². The van der Waals surface area contributed by atoms with Crippen molar-refractivity contribution in [1.82, 2.24) is 9.55 Å². The Hall–Kier alpha value is -1.61. The number of nitrogens with two attached hydrogens (primary N) is 1. The second kappa shape index (κ2) is 5.15. The predicted molar refractivity (Wildman–Crippen MR) is 70.0 cm³/mol. The molecule has 0 atom stereocenters. The summed E-state index contributed by atoms with van der Waals surface area (Å²) in [6, 6.07) is 8.64. The summed E-state index contributed by atoms with van der Waals surface area (Å²) < 4.78 is 2.17. The van der Waals surface area contributed by atoms with Gasteiger partial charge in [-0.2, -0.15) is 0 Å². The van der Waals surface area contributed by atoms with Crippen LogP contribution in [0.1, 0.15) is 22.5 Å². The largest absolute Gasteiger partial charge is 0.330 e. The first-order valence-electron chi connectivity index (χ1n) is 5.97. The molecule has 0 aliphatic carbocycles. The van der Waals surface area contributed by atoms with Gasteiger partial charge in [0.2, 0.25) is 0 Å². The van der Waals surface area contributed by atoms with Gasteiger partial charge in [-0.25, -0.2) is 4.98 Å². The SMILES string of the molecule is Cc1ncn(Cc2ccc(CCN)cc2)c1C. The number of hydrogen-bond donors (Lipinski definition) is 1. The first-order chi connectivity index (χ1) is 8.20. The zero-order chi connectivity index (χ0) is 12.3. The molecular formula is C14H19N3. The number of rotatable bonds is 4. The summed E-state index contributed by atoms with van der Waals surface area (Å²) in [7, 11) is 0. The van der Waals surface area contributed by atoms with Gasteiger partial charge in [0.15, 0.2) is 0 Å². The van der Waals surface area contributed by atoms with Crippen molar-refractivity contribution in [2.75, 3.05) is 6.54 Å². The van der Waals surface area contributed by atoms with Crippen LogP contribution in [-0.4, -0.2) is 16.1 Å². The average Bonchev–Trinajstić information content (AvgIpc) is 2.64. The van der Waals surface area contributed by atoms with Gasteiger partial charge in [0.1, 0.15) is 0 Å². The van der Waals surface area contributed by atoms with E-state index in [1.54, 1.807) is 0 Å². The molecule has 0 saturated heterocycles. The monoisotopic (exact) mass is 229 g/mol. The molecule has 0 aliphatic heterocycles. The normalized spacial score (nSPS) is 10.8. The number of nitrogens with zero attached hydrogens (tertiary/aromatic N) is 2. The predicted octanol–water partition coefficient (Wildman–Crippen LogP) is 2.05. The summed E-state index contributed by atoms with van der Waals surface area (Å²) in [5.74, 6) is 0. The third kappa shape index (κ3) is 2.74. The Labute approximate surface area is 102 Å². The van der Waals surface area contributed by atoms with Crippen LogP contribution in [0.3, 0.4) is 0 Å². The Kier molecular flexibility index (Phi) is 3.59. The minimum atomic E-state index is 0.708. The van der Waals surface area contributed by atoms with Crippen LogP contribution in [0.4, 0.5) is 0 Å². The third-order valence-electron chi connectivity index (χ3n) is 3.15. The van der Waals surface area contributed by atoms with Crippen LogP contribution in [0, 0.1) is 13.8 Å². The first-order valence-corrected chi connectivity index (χ1v) is 5.97. The second-order valence-electron chi connectivity index (χ2n) is 4.40. The van der Waals surface area contributed by atoms with Crippen molar-refractivity contribution >= 4 is 0 Å². The van der Waals surface area contributed by atoms with Gasteiger partial charge in [-0.05, 0) is 37.9 Å². The molecule has 1 aromatic carbocycles. The fraction of sp³-hybridized carbons (Fsp3) is 0.357. The van der Waals surface area contributed by atoms with Crippen LogP contribution in [0.5, 0.6) is 0 Å². The van der Waals surface area contributed by atoms with Gasteiger partial charge in [0.25, 0.3) is 0 Å². The van der Waals surface area contributed by atoms with Crippen LogP contribution in [0.25, 0.3) is 0 Å². The molecule has 17 heavy (non-hydrogen) atoms. The molecule has 0 amide bonds. The average molecular weight is 229 g/mol. The lowest BCUT2D eigenvalue weighted by Crippen LogP contribution is -2.03. The first kappa shape index (κ1) is 11.9. The molecule has 2 N–H and O–H groups in total.